The average molecular weight is 230 g/mol. The molecule has 1 heterocycles. The summed E-state index contributed by atoms with van der Waals surface area (Å²) in [5, 5.41) is 0. The summed E-state index contributed by atoms with van der Waals surface area (Å²) in [5.74, 6) is -2.30. The van der Waals surface area contributed by atoms with E-state index in [2.05, 4.69) is 8.92 Å². The highest BCUT2D eigenvalue weighted by molar-refractivity contribution is 7.80. The van der Waals surface area contributed by atoms with Gasteiger partial charge in [0.2, 0.25) is 6.29 Å². The molecule has 0 saturated carbocycles. The van der Waals surface area contributed by atoms with Gasteiger partial charge in [-0.15, -0.1) is 0 Å². The van der Waals surface area contributed by atoms with Gasteiger partial charge in [-0.2, -0.15) is 13.2 Å². The predicted molar refractivity (Wildman–Crippen MR) is 39.2 cm³/mol. The first-order valence-electron chi connectivity index (χ1n) is 3.39. The molecule has 2 atom stereocenters. The van der Waals surface area contributed by atoms with Gasteiger partial charge in [0.25, 0.3) is 0 Å². The first-order valence-corrected chi connectivity index (χ1v) is 4.64. The minimum atomic E-state index is -5.07. The van der Waals surface area contributed by atoms with E-state index >= 15 is 0 Å². The quantitative estimate of drug-likeness (QED) is 0.490. The van der Waals surface area contributed by atoms with Gasteiger partial charge in [0.1, 0.15) is 0 Å². The predicted octanol–water partition coefficient (Wildman–Crippen LogP) is 0.668. The lowest BCUT2D eigenvalue weighted by atomic mass is 10.5. The Labute approximate surface area is 79.3 Å². The Bertz CT molecular complexity index is 285. The molecule has 0 saturated heterocycles. The molecule has 0 N–H and O–H groups in total. The van der Waals surface area contributed by atoms with Crippen LogP contribution in [0.15, 0.2) is 12.2 Å². The van der Waals surface area contributed by atoms with Gasteiger partial charge in [0.15, 0.2) is 11.1 Å². The zero-order valence-electron chi connectivity index (χ0n) is 6.61. The number of alkyl halides is 3. The highest BCUT2D eigenvalue weighted by atomic mass is 32.2. The average Bonchev–Trinajstić information content (AvgIpc) is 2.02. The maximum atomic E-state index is 11.7. The molecule has 0 aliphatic carbocycles. The van der Waals surface area contributed by atoms with E-state index in [1.807, 2.05) is 0 Å². The summed E-state index contributed by atoms with van der Waals surface area (Å²) in [6.07, 6.45) is -4.20. The Morgan fingerprint density at radius 2 is 2.21 bits per heavy atom. The van der Waals surface area contributed by atoms with Crippen molar-refractivity contribution in [2.75, 3.05) is 5.75 Å². The van der Waals surface area contributed by atoms with Crippen molar-refractivity contribution in [3.63, 3.8) is 0 Å². The fraction of sp³-hybridized carbons (Fsp3) is 0.500. The number of carbonyl (C=O) groups excluding carboxylic acids is 1. The summed E-state index contributed by atoms with van der Waals surface area (Å²) in [6, 6.07) is 0. The van der Waals surface area contributed by atoms with Crippen LogP contribution in [0.4, 0.5) is 13.2 Å². The van der Waals surface area contributed by atoms with Gasteiger partial charge in [-0.1, -0.05) is 6.08 Å². The van der Waals surface area contributed by atoms with Crippen LogP contribution in [0.2, 0.25) is 0 Å². The van der Waals surface area contributed by atoms with Crippen molar-refractivity contribution < 1.29 is 31.1 Å². The molecule has 0 fully saturated rings. The van der Waals surface area contributed by atoms with E-state index in [0.29, 0.717) is 0 Å². The topological polar surface area (TPSA) is 52.6 Å². The molecular weight excluding hydrogens is 225 g/mol. The molecule has 4 nitrogen and oxygen atoms in total. The Kier molecular flexibility index (Phi) is 3.27. The Balaban J connectivity index is 2.53. The molecule has 0 amide bonds. The van der Waals surface area contributed by atoms with Crippen LogP contribution < -0.4 is 0 Å². The van der Waals surface area contributed by atoms with Crippen LogP contribution in [0.1, 0.15) is 0 Å². The number of hydrogen-bond acceptors (Lipinski definition) is 4. The summed E-state index contributed by atoms with van der Waals surface area (Å²) in [5.41, 5.74) is 0. The number of carbonyl (C=O) groups is 1. The second kappa shape index (κ2) is 4.09. The van der Waals surface area contributed by atoms with Gasteiger partial charge >= 0.3 is 12.1 Å². The lowest BCUT2D eigenvalue weighted by Gasteiger charge is -2.17. The minimum absolute atomic E-state index is 0.0695. The second-order valence-corrected chi connectivity index (χ2v) is 3.40. The Hall–Kier alpha value is -0.890. The van der Waals surface area contributed by atoms with Gasteiger partial charge < -0.3 is 4.74 Å². The van der Waals surface area contributed by atoms with Crippen molar-refractivity contribution in [1.29, 1.82) is 0 Å². The van der Waals surface area contributed by atoms with E-state index in [1.165, 1.54) is 6.08 Å². The van der Waals surface area contributed by atoms with E-state index in [4.69, 9.17) is 0 Å². The number of hydrogen-bond donors (Lipinski definition) is 0. The number of esters is 1. The van der Waals surface area contributed by atoms with Crippen molar-refractivity contribution in [1.82, 2.24) is 0 Å². The molecule has 8 heteroatoms. The van der Waals surface area contributed by atoms with Crippen LogP contribution in [0.3, 0.4) is 0 Å². The van der Waals surface area contributed by atoms with E-state index in [0.717, 1.165) is 6.08 Å². The smallest absolute Gasteiger partial charge is 0.424 e. The zero-order valence-corrected chi connectivity index (χ0v) is 7.43. The third-order valence-electron chi connectivity index (χ3n) is 1.18. The number of ether oxygens (including phenoxy) is 1. The lowest BCUT2D eigenvalue weighted by Crippen LogP contribution is -2.32. The number of halogens is 3. The monoisotopic (exact) mass is 230 g/mol. The maximum Gasteiger partial charge on any atom is 0.491 e. The third kappa shape index (κ3) is 3.11. The molecule has 14 heavy (non-hydrogen) atoms. The molecule has 0 bridgehead atoms. The molecule has 1 rings (SSSR count). The van der Waals surface area contributed by atoms with Crippen molar-refractivity contribution >= 4 is 17.0 Å². The summed E-state index contributed by atoms with van der Waals surface area (Å²) in [4.78, 5) is 10.3. The van der Waals surface area contributed by atoms with Gasteiger partial charge in [0, 0.05) is 0 Å². The molecule has 1 aliphatic rings. The van der Waals surface area contributed by atoms with Crippen molar-refractivity contribution in [3.8, 4) is 0 Å². The summed E-state index contributed by atoms with van der Waals surface area (Å²) in [6.45, 7) is 0. The van der Waals surface area contributed by atoms with Gasteiger partial charge in [-0.3, -0.25) is 0 Å². The van der Waals surface area contributed by atoms with Crippen molar-refractivity contribution in [2.45, 2.75) is 12.5 Å². The first-order chi connectivity index (χ1) is 6.39. The molecule has 0 spiro atoms. The maximum absolute atomic E-state index is 11.7. The highest BCUT2D eigenvalue weighted by Crippen LogP contribution is 2.19. The normalized spacial score (nSPS) is 27.4. The van der Waals surface area contributed by atoms with Crippen LogP contribution in [-0.4, -0.2) is 28.4 Å². The van der Waals surface area contributed by atoms with Crippen LogP contribution in [0, 0.1) is 0 Å². The van der Waals surface area contributed by atoms with E-state index in [1.54, 1.807) is 0 Å². The van der Waals surface area contributed by atoms with Crippen molar-refractivity contribution in [3.05, 3.63) is 12.2 Å². The fourth-order valence-electron chi connectivity index (χ4n) is 0.654. The first kappa shape index (κ1) is 11.2. The molecule has 0 aromatic carbocycles. The standard InChI is InChI=1S/C6H5F3O4S/c7-6(8,9)5(10)12-4-2-1-3-14(11)13-4/h1-2,4H,3H2. The second-order valence-electron chi connectivity index (χ2n) is 2.27. The highest BCUT2D eigenvalue weighted by Gasteiger charge is 2.42. The zero-order chi connectivity index (χ0) is 10.8. The SMILES string of the molecule is O=C(OC1C=CCS(=O)O1)C(F)(F)F. The van der Waals surface area contributed by atoms with Gasteiger partial charge in [-0.25, -0.2) is 13.2 Å². The molecular formula is C6H5F3O4S. The Morgan fingerprint density at radius 1 is 1.57 bits per heavy atom. The minimum Gasteiger partial charge on any atom is -0.424 e. The Morgan fingerprint density at radius 3 is 2.71 bits per heavy atom. The van der Waals surface area contributed by atoms with Crippen LogP contribution in [-0.2, 0) is 24.8 Å². The molecule has 0 aromatic heterocycles. The summed E-state index contributed by atoms with van der Waals surface area (Å²) < 4.78 is 53.9. The van der Waals surface area contributed by atoms with Crippen molar-refractivity contribution in [2.24, 2.45) is 0 Å². The van der Waals surface area contributed by atoms with Crippen LogP contribution in [0.5, 0.6) is 0 Å². The molecule has 1 aliphatic heterocycles. The van der Waals surface area contributed by atoms with Gasteiger partial charge in [0.05, 0.1) is 5.75 Å². The fourth-order valence-corrected chi connectivity index (χ4v) is 1.32. The van der Waals surface area contributed by atoms with Gasteiger partial charge in [-0.05, 0) is 6.08 Å². The summed E-state index contributed by atoms with van der Waals surface area (Å²) in [7, 11) is 0. The number of rotatable bonds is 1. The molecule has 0 radical (unpaired) electrons. The largest absolute Gasteiger partial charge is 0.491 e. The van der Waals surface area contributed by atoms with E-state index in [-0.39, 0.29) is 5.75 Å². The third-order valence-corrected chi connectivity index (χ3v) is 2.05. The molecule has 0 aromatic rings. The molecule has 80 valence electrons. The lowest BCUT2D eigenvalue weighted by molar-refractivity contribution is -0.211. The van der Waals surface area contributed by atoms with E-state index in [9.17, 15) is 22.2 Å². The van der Waals surface area contributed by atoms with Crippen LogP contribution >= 0.6 is 0 Å². The van der Waals surface area contributed by atoms with Crippen LogP contribution in [0.25, 0.3) is 0 Å². The summed E-state index contributed by atoms with van der Waals surface area (Å²) >= 11 is -1.74. The van der Waals surface area contributed by atoms with E-state index < -0.39 is 29.5 Å². The molecule has 2 unspecified atom stereocenters.